The van der Waals surface area contributed by atoms with Crippen LogP contribution in [0.25, 0.3) is 5.70 Å². The van der Waals surface area contributed by atoms with Gasteiger partial charge in [0.05, 0.1) is 0 Å². The minimum atomic E-state index is -2.91. The first-order chi connectivity index (χ1) is 13.5. The van der Waals surface area contributed by atoms with Crippen molar-refractivity contribution < 1.29 is 13.5 Å². The van der Waals surface area contributed by atoms with Gasteiger partial charge in [0.15, 0.2) is 0 Å². The Morgan fingerprint density at radius 2 is 2.00 bits per heavy atom. The first-order valence-corrected chi connectivity index (χ1v) is 9.56. The summed E-state index contributed by atoms with van der Waals surface area (Å²) < 4.78 is 33.0. The van der Waals surface area contributed by atoms with Crippen LogP contribution in [0.2, 0.25) is 0 Å². The Morgan fingerprint density at radius 3 is 2.71 bits per heavy atom. The van der Waals surface area contributed by atoms with E-state index in [2.05, 4.69) is 50.4 Å². The second-order valence-corrected chi connectivity index (χ2v) is 7.21. The Balaban J connectivity index is 1.81. The molecule has 28 heavy (non-hydrogen) atoms. The van der Waals surface area contributed by atoms with Gasteiger partial charge in [-0.3, -0.25) is 0 Å². The molecule has 0 aliphatic carbocycles. The van der Waals surface area contributed by atoms with E-state index in [-0.39, 0.29) is 5.75 Å². The van der Waals surface area contributed by atoms with E-state index >= 15 is 0 Å². The number of hydrogen-bond donors (Lipinski definition) is 1. The molecule has 1 N–H and O–H groups in total. The highest BCUT2D eigenvalue weighted by atomic mass is 79.9. The van der Waals surface area contributed by atoms with Gasteiger partial charge in [-0.2, -0.15) is 18.9 Å². The van der Waals surface area contributed by atoms with E-state index in [9.17, 15) is 8.78 Å². The lowest BCUT2D eigenvalue weighted by molar-refractivity contribution is -0.0506. The van der Waals surface area contributed by atoms with Crippen molar-refractivity contribution in [1.82, 2.24) is 14.8 Å². The van der Waals surface area contributed by atoms with Crippen LogP contribution in [0.15, 0.2) is 59.3 Å². The molecule has 1 aliphatic rings. The van der Waals surface area contributed by atoms with E-state index in [1.54, 1.807) is 16.8 Å². The predicted octanol–water partition coefficient (Wildman–Crippen LogP) is 5.26. The Kier molecular flexibility index (Phi) is 5.13. The summed E-state index contributed by atoms with van der Waals surface area (Å²) >= 11 is 3.41. The fourth-order valence-electron chi connectivity index (χ4n) is 3.20. The zero-order valence-electron chi connectivity index (χ0n) is 14.9. The number of aryl methyl sites for hydroxylation is 1. The average molecular weight is 447 g/mol. The van der Waals surface area contributed by atoms with Gasteiger partial charge in [0.25, 0.3) is 0 Å². The van der Waals surface area contributed by atoms with Gasteiger partial charge in [0.2, 0.25) is 5.95 Å². The molecule has 0 saturated heterocycles. The van der Waals surface area contributed by atoms with Gasteiger partial charge in [0, 0.05) is 15.7 Å². The average Bonchev–Trinajstić information content (AvgIpc) is 3.17. The van der Waals surface area contributed by atoms with Crippen LogP contribution in [0.3, 0.4) is 0 Å². The standard InChI is InChI=1S/C20H17BrF2N4O/c1-2-12-3-5-13(6-4-12)16-10-17(27-20(26-16)24-11-25-27)15-9-14(21)7-8-18(15)28-19(22)23/h3-11,17,19H,2H2,1H3,(H,24,25,26). The highest BCUT2D eigenvalue weighted by Gasteiger charge is 2.27. The molecule has 1 aliphatic heterocycles. The molecule has 0 bridgehead atoms. The van der Waals surface area contributed by atoms with Crippen molar-refractivity contribution in [3.8, 4) is 5.75 Å². The largest absolute Gasteiger partial charge is 0.434 e. The number of hydrogen-bond acceptors (Lipinski definition) is 4. The summed E-state index contributed by atoms with van der Waals surface area (Å²) in [6.45, 7) is -0.814. The maximum atomic E-state index is 12.9. The van der Waals surface area contributed by atoms with Crippen molar-refractivity contribution in [2.75, 3.05) is 5.32 Å². The maximum absolute atomic E-state index is 12.9. The lowest BCUT2D eigenvalue weighted by Gasteiger charge is -2.26. The summed E-state index contributed by atoms with van der Waals surface area (Å²) in [6.07, 6.45) is 4.32. The van der Waals surface area contributed by atoms with Crippen LogP contribution >= 0.6 is 15.9 Å². The smallest absolute Gasteiger partial charge is 0.387 e. The van der Waals surface area contributed by atoms with E-state index in [4.69, 9.17) is 4.74 Å². The molecule has 1 atom stereocenters. The number of ether oxygens (including phenoxy) is 1. The van der Waals surface area contributed by atoms with Crippen LogP contribution in [0, 0.1) is 0 Å². The van der Waals surface area contributed by atoms with Gasteiger partial charge in [-0.15, -0.1) is 0 Å². The summed E-state index contributed by atoms with van der Waals surface area (Å²) in [5.74, 6) is 0.633. The van der Waals surface area contributed by atoms with E-state index < -0.39 is 12.7 Å². The Bertz CT molecular complexity index is 1020. The minimum absolute atomic E-state index is 0.100. The molecule has 4 rings (SSSR count). The molecular formula is C20H17BrF2N4O. The maximum Gasteiger partial charge on any atom is 0.387 e. The third-order valence-electron chi connectivity index (χ3n) is 4.59. The molecule has 144 valence electrons. The topological polar surface area (TPSA) is 52.0 Å². The van der Waals surface area contributed by atoms with Crippen molar-refractivity contribution in [3.05, 3.63) is 76.0 Å². The van der Waals surface area contributed by atoms with Crippen LogP contribution < -0.4 is 10.1 Å². The molecular weight excluding hydrogens is 430 g/mol. The third kappa shape index (κ3) is 3.64. The van der Waals surface area contributed by atoms with Crippen molar-refractivity contribution >= 4 is 27.6 Å². The minimum Gasteiger partial charge on any atom is -0.434 e. The van der Waals surface area contributed by atoms with E-state index in [1.165, 1.54) is 18.0 Å². The van der Waals surface area contributed by atoms with Gasteiger partial charge in [-0.1, -0.05) is 47.1 Å². The fourth-order valence-corrected chi connectivity index (χ4v) is 3.58. The number of fused-ring (bicyclic) bond motifs is 1. The summed E-state index contributed by atoms with van der Waals surface area (Å²) in [4.78, 5) is 4.25. The number of benzene rings is 2. The van der Waals surface area contributed by atoms with Crippen molar-refractivity contribution in [1.29, 1.82) is 0 Å². The van der Waals surface area contributed by atoms with Gasteiger partial charge in [-0.25, -0.2) is 4.68 Å². The number of rotatable bonds is 5. The van der Waals surface area contributed by atoms with Crippen molar-refractivity contribution in [3.63, 3.8) is 0 Å². The first-order valence-electron chi connectivity index (χ1n) is 8.77. The lowest BCUT2D eigenvalue weighted by Crippen LogP contribution is -2.21. The molecule has 5 nitrogen and oxygen atoms in total. The van der Waals surface area contributed by atoms with Gasteiger partial charge < -0.3 is 10.1 Å². The number of halogens is 3. The van der Waals surface area contributed by atoms with Crippen molar-refractivity contribution in [2.24, 2.45) is 0 Å². The highest BCUT2D eigenvalue weighted by molar-refractivity contribution is 9.10. The molecule has 0 saturated carbocycles. The Morgan fingerprint density at radius 1 is 1.21 bits per heavy atom. The zero-order valence-corrected chi connectivity index (χ0v) is 16.5. The van der Waals surface area contributed by atoms with Gasteiger partial charge in [0.1, 0.15) is 18.1 Å². The van der Waals surface area contributed by atoms with Crippen LogP contribution in [0.4, 0.5) is 14.7 Å². The molecule has 8 heteroatoms. The highest BCUT2D eigenvalue weighted by Crippen LogP contribution is 2.38. The van der Waals surface area contributed by atoms with E-state index in [0.717, 1.165) is 22.2 Å². The number of nitrogens with zero attached hydrogens (tertiary/aromatic N) is 3. The number of anilines is 1. The monoisotopic (exact) mass is 446 g/mol. The molecule has 1 unspecified atom stereocenters. The number of alkyl halides is 2. The molecule has 0 spiro atoms. The number of aromatic nitrogens is 3. The van der Waals surface area contributed by atoms with Crippen LogP contribution in [-0.4, -0.2) is 21.4 Å². The van der Waals surface area contributed by atoms with Gasteiger partial charge in [-0.05, 0) is 41.8 Å². The molecule has 2 aromatic carbocycles. The quantitative estimate of drug-likeness (QED) is 0.580. The first kappa shape index (κ1) is 18.6. The van der Waals surface area contributed by atoms with E-state index in [1.807, 2.05) is 18.2 Å². The lowest BCUT2D eigenvalue weighted by atomic mass is 10.00. The SMILES string of the molecule is CCc1ccc(C2=CC(c3cc(Br)ccc3OC(F)F)n3ncnc3N2)cc1. The van der Waals surface area contributed by atoms with Crippen LogP contribution in [0.1, 0.15) is 29.7 Å². The molecule has 0 fully saturated rings. The Hall–Kier alpha value is -2.74. The summed E-state index contributed by atoms with van der Waals surface area (Å²) in [5, 5.41) is 7.52. The van der Waals surface area contributed by atoms with Crippen LogP contribution in [-0.2, 0) is 6.42 Å². The third-order valence-corrected chi connectivity index (χ3v) is 5.08. The molecule has 1 aromatic heterocycles. The van der Waals surface area contributed by atoms with Crippen LogP contribution in [0.5, 0.6) is 5.75 Å². The molecule has 0 amide bonds. The second-order valence-electron chi connectivity index (χ2n) is 6.29. The summed E-state index contributed by atoms with van der Waals surface area (Å²) in [6, 6.07) is 12.7. The molecule has 0 radical (unpaired) electrons. The summed E-state index contributed by atoms with van der Waals surface area (Å²) in [5.41, 5.74) is 3.60. The van der Waals surface area contributed by atoms with Crippen molar-refractivity contribution in [2.45, 2.75) is 26.0 Å². The molecule has 3 aromatic rings. The predicted molar refractivity (Wildman–Crippen MR) is 106 cm³/mol. The number of allylic oxidation sites excluding steroid dienone is 1. The summed E-state index contributed by atoms with van der Waals surface area (Å²) in [7, 11) is 0. The second kappa shape index (κ2) is 7.71. The van der Waals surface area contributed by atoms with E-state index in [0.29, 0.717) is 11.5 Å². The fraction of sp³-hybridized carbons (Fsp3) is 0.200. The van der Waals surface area contributed by atoms with Gasteiger partial charge >= 0.3 is 6.61 Å². The Labute approximate surface area is 169 Å². The zero-order chi connectivity index (χ0) is 19.7. The number of nitrogens with one attached hydrogen (secondary N) is 1. The molecule has 2 heterocycles. The normalized spacial score (nSPS) is 15.8.